The van der Waals surface area contributed by atoms with E-state index in [1.165, 1.54) is 18.5 Å². The van der Waals surface area contributed by atoms with Crippen molar-refractivity contribution in [3.05, 3.63) is 52.6 Å². The average Bonchev–Trinajstić information content (AvgIpc) is 2.28. The number of nitrogens with zero attached hydrogens (tertiary/aromatic N) is 2. The van der Waals surface area contributed by atoms with Gasteiger partial charge in [0.2, 0.25) is 0 Å². The number of nitrogens with one attached hydrogen (secondary N) is 1. The van der Waals surface area contributed by atoms with Crippen LogP contribution in [0.3, 0.4) is 0 Å². The molecule has 2 rings (SSSR count). The predicted octanol–water partition coefficient (Wildman–Crippen LogP) is 2.99. The Morgan fingerprint density at radius 1 is 1.38 bits per heavy atom. The first-order valence-corrected chi connectivity index (χ1v) is 5.49. The van der Waals surface area contributed by atoms with E-state index in [0.29, 0.717) is 12.4 Å². The molecule has 0 atom stereocenters. The van der Waals surface area contributed by atoms with Gasteiger partial charge in [-0.15, -0.1) is 0 Å². The fraction of sp³-hybridized carbons (Fsp3) is 0.0909. The normalized spacial score (nSPS) is 10.1. The Morgan fingerprint density at radius 2 is 2.25 bits per heavy atom. The molecule has 0 bridgehead atoms. The summed E-state index contributed by atoms with van der Waals surface area (Å²) in [6.45, 7) is 0.521. The van der Waals surface area contributed by atoms with Crippen LogP contribution in [0.4, 0.5) is 10.2 Å². The highest BCUT2D eigenvalue weighted by molar-refractivity contribution is 9.10. The van der Waals surface area contributed by atoms with Gasteiger partial charge in [0.1, 0.15) is 18.0 Å². The van der Waals surface area contributed by atoms with E-state index in [1.807, 2.05) is 6.07 Å². The number of benzene rings is 1. The van der Waals surface area contributed by atoms with Gasteiger partial charge >= 0.3 is 0 Å². The summed E-state index contributed by atoms with van der Waals surface area (Å²) in [4.78, 5) is 7.91. The van der Waals surface area contributed by atoms with Crippen molar-refractivity contribution < 1.29 is 4.39 Å². The minimum atomic E-state index is -0.235. The molecule has 0 spiro atoms. The SMILES string of the molecule is Fc1cccc(CNc2ncncc2Br)c1. The van der Waals surface area contributed by atoms with Gasteiger partial charge in [-0.2, -0.15) is 0 Å². The van der Waals surface area contributed by atoms with E-state index < -0.39 is 0 Å². The van der Waals surface area contributed by atoms with E-state index in [2.05, 4.69) is 31.2 Å². The molecule has 82 valence electrons. The van der Waals surface area contributed by atoms with Gasteiger partial charge in [-0.25, -0.2) is 14.4 Å². The maximum absolute atomic E-state index is 12.9. The highest BCUT2D eigenvalue weighted by Crippen LogP contribution is 2.17. The number of hydrogen-bond acceptors (Lipinski definition) is 3. The van der Waals surface area contributed by atoms with Gasteiger partial charge in [0, 0.05) is 12.7 Å². The molecule has 5 heteroatoms. The van der Waals surface area contributed by atoms with Crippen LogP contribution in [0.1, 0.15) is 5.56 Å². The van der Waals surface area contributed by atoms with Crippen molar-refractivity contribution in [2.24, 2.45) is 0 Å². The third-order valence-corrected chi connectivity index (χ3v) is 2.60. The number of rotatable bonds is 3. The Morgan fingerprint density at radius 3 is 3.00 bits per heavy atom. The van der Waals surface area contributed by atoms with Gasteiger partial charge in [-0.1, -0.05) is 12.1 Å². The van der Waals surface area contributed by atoms with Crippen LogP contribution in [0.15, 0.2) is 41.3 Å². The number of hydrogen-bond donors (Lipinski definition) is 1. The minimum absolute atomic E-state index is 0.235. The molecule has 0 radical (unpaired) electrons. The predicted molar refractivity (Wildman–Crippen MR) is 63.5 cm³/mol. The smallest absolute Gasteiger partial charge is 0.144 e. The summed E-state index contributed by atoms with van der Waals surface area (Å²) in [7, 11) is 0. The highest BCUT2D eigenvalue weighted by atomic mass is 79.9. The third kappa shape index (κ3) is 2.76. The lowest BCUT2D eigenvalue weighted by Gasteiger charge is -2.06. The van der Waals surface area contributed by atoms with E-state index in [-0.39, 0.29) is 5.82 Å². The average molecular weight is 282 g/mol. The van der Waals surface area contributed by atoms with E-state index >= 15 is 0 Å². The van der Waals surface area contributed by atoms with Crippen molar-refractivity contribution >= 4 is 21.7 Å². The van der Waals surface area contributed by atoms with Crippen molar-refractivity contribution in [3.8, 4) is 0 Å². The lowest BCUT2D eigenvalue weighted by atomic mass is 10.2. The molecule has 0 unspecified atom stereocenters. The van der Waals surface area contributed by atoms with Crippen LogP contribution in [0.2, 0.25) is 0 Å². The van der Waals surface area contributed by atoms with E-state index in [1.54, 1.807) is 12.3 Å². The standard InChI is InChI=1S/C11H9BrFN3/c12-10-6-14-7-16-11(10)15-5-8-2-1-3-9(13)4-8/h1-4,6-7H,5H2,(H,14,15,16). The lowest BCUT2D eigenvalue weighted by Crippen LogP contribution is -2.02. The summed E-state index contributed by atoms with van der Waals surface area (Å²) in [5.74, 6) is 0.459. The topological polar surface area (TPSA) is 37.8 Å². The Balaban J connectivity index is 2.05. The molecule has 1 N–H and O–H groups in total. The van der Waals surface area contributed by atoms with Crippen molar-refractivity contribution in [1.82, 2.24) is 9.97 Å². The molecule has 0 fully saturated rings. The van der Waals surface area contributed by atoms with Crippen LogP contribution in [-0.2, 0) is 6.54 Å². The second-order valence-electron chi connectivity index (χ2n) is 3.20. The molecule has 0 aliphatic rings. The van der Waals surface area contributed by atoms with Gasteiger partial charge < -0.3 is 5.32 Å². The minimum Gasteiger partial charge on any atom is -0.365 e. The summed E-state index contributed by atoms with van der Waals surface area (Å²) < 4.78 is 13.7. The van der Waals surface area contributed by atoms with Gasteiger partial charge in [-0.05, 0) is 33.6 Å². The molecule has 0 amide bonds. The molecule has 1 heterocycles. The van der Waals surface area contributed by atoms with Gasteiger partial charge in [0.15, 0.2) is 0 Å². The highest BCUT2D eigenvalue weighted by Gasteiger charge is 2.00. The molecular weight excluding hydrogens is 273 g/mol. The van der Waals surface area contributed by atoms with Gasteiger partial charge in [-0.3, -0.25) is 0 Å². The summed E-state index contributed by atoms with van der Waals surface area (Å²) in [5, 5.41) is 3.09. The first-order chi connectivity index (χ1) is 7.75. The summed E-state index contributed by atoms with van der Waals surface area (Å²) >= 11 is 3.32. The largest absolute Gasteiger partial charge is 0.365 e. The third-order valence-electron chi connectivity index (χ3n) is 2.02. The Bertz CT molecular complexity index is 490. The van der Waals surface area contributed by atoms with Crippen LogP contribution in [0, 0.1) is 5.82 Å². The van der Waals surface area contributed by atoms with E-state index in [0.717, 1.165) is 10.0 Å². The van der Waals surface area contributed by atoms with Crippen molar-refractivity contribution in [1.29, 1.82) is 0 Å². The fourth-order valence-electron chi connectivity index (χ4n) is 1.28. The van der Waals surface area contributed by atoms with Crippen molar-refractivity contribution in [3.63, 3.8) is 0 Å². The molecule has 0 aliphatic carbocycles. The molecule has 3 nitrogen and oxygen atoms in total. The quantitative estimate of drug-likeness (QED) is 0.940. The van der Waals surface area contributed by atoms with E-state index in [9.17, 15) is 4.39 Å². The zero-order valence-electron chi connectivity index (χ0n) is 8.32. The fourth-order valence-corrected chi connectivity index (χ4v) is 1.64. The molecule has 1 aromatic heterocycles. The molecule has 2 aromatic rings. The summed E-state index contributed by atoms with van der Waals surface area (Å²) in [6.07, 6.45) is 3.11. The Labute approximate surface area is 101 Å². The van der Waals surface area contributed by atoms with Crippen LogP contribution in [-0.4, -0.2) is 9.97 Å². The number of halogens is 2. The molecule has 1 aromatic carbocycles. The number of aromatic nitrogens is 2. The molecular formula is C11H9BrFN3. The van der Waals surface area contributed by atoms with Crippen LogP contribution < -0.4 is 5.32 Å². The second kappa shape index (κ2) is 5.03. The zero-order valence-corrected chi connectivity index (χ0v) is 9.91. The van der Waals surface area contributed by atoms with Crippen molar-refractivity contribution in [2.75, 3.05) is 5.32 Å². The first-order valence-electron chi connectivity index (χ1n) is 4.69. The zero-order chi connectivity index (χ0) is 11.4. The van der Waals surface area contributed by atoms with Crippen LogP contribution in [0.5, 0.6) is 0 Å². The summed E-state index contributed by atoms with van der Waals surface area (Å²) in [6, 6.07) is 6.44. The van der Waals surface area contributed by atoms with Gasteiger partial charge in [0.25, 0.3) is 0 Å². The van der Waals surface area contributed by atoms with Gasteiger partial charge in [0.05, 0.1) is 4.47 Å². The van der Waals surface area contributed by atoms with E-state index in [4.69, 9.17) is 0 Å². The maximum atomic E-state index is 12.9. The van der Waals surface area contributed by atoms with Crippen molar-refractivity contribution in [2.45, 2.75) is 6.54 Å². The maximum Gasteiger partial charge on any atom is 0.144 e. The van der Waals surface area contributed by atoms with Crippen LogP contribution in [0.25, 0.3) is 0 Å². The molecule has 16 heavy (non-hydrogen) atoms. The second-order valence-corrected chi connectivity index (χ2v) is 4.06. The molecule has 0 aliphatic heterocycles. The lowest BCUT2D eigenvalue weighted by molar-refractivity contribution is 0.626. The summed E-state index contributed by atoms with van der Waals surface area (Å²) in [5.41, 5.74) is 0.866. The molecule has 0 saturated heterocycles. The van der Waals surface area contributed by atoms with Crippen LogP contribution >= 0.6 is 15.9 Å². The first kappa shape index (κ1) is 11.0. The number of anilines is 1. The Kier molecular flexibility index (Phi) is 3.46. The molecule has 0 saturated carbocycles. The monoisotopic (exact) mass is 281 g/mol. The Hall–Kier alpha value is -1.49.